The molecule has 0 saturated carbocycles. The molecule has 0 fully saturated rings. The molecule has 1 aliphatic heterocycles. The number of hydrazine groups is 1. The van der Waals surface area contributed by atoms with Crippen molar-refractivity contribution in [3.63, 3.8) is 0 Å². The molecule has 0 radical (unpaired) electrons. The average Bonchev–Trinajstić information content (AvgIpc) is 3.25. The fourth-order valence-electron chi connectivity index (χ4n) is 3.16. The van der Waals surface area contributed by atoms with Crippen molar-refractivity contribution in [3.05, 3.63) is 54.7 Å². The Bertz CT molecular complexity index is 1020. The van der Waals surface area contributed by atoms with Crippen LogP contribution in [0.15, 0.2) is 49.1 Å². The SMILES string of the molecule is CN1C=C(c2cnc3c(Nc4cccc(N(C)C)c4)nccn23)C(C=O)N1. The quantitative estimate of drug-likeness (QED) is 0.670. The second-order valence-electron chi connectivity index (χ2n) is 6.62. The third-order valence-corrected chi connectivity index (χ3v) is 4.50. The summed E-state index contributed by atoms with van der Waals surface area (Å²) in [4.78, 5) is 22.4. The van der Waals surface area contributed by atoms with E-state index in [1.165, 1.54) is 0 Å². The Morgan fingerprint density at radius 2 is 2.15 bits per heavy atom. The molecule has 0 bridgehead atoms. The highest BCUT2D eigenvalue weighted by atomic mass is 16.1. The molecule has 2 N–H and O–H groups in total. The molecule has 1 atom stereocenters. The molecule has 0 spiro atoms. The van der Waals surface area contributed by atoms with Crippen LogP contribution in [0.5, 0.6) is 0 Å². The van der Waals surface area contributed by atoms with Crippen LogP contribution in [0.25, 0.3) is 11.2 Å². The summed E-state index contributed by atoms with van der Waals surface area (Å²) in [7, 11) is 5.87. The number of rotatable bonds is 5. The number of nitrogens with zero attached hydrogens (tertiary/aromatic N) is 5. The maximum Gasteiger partial charge on any atom is 0.180 e. The number of carbonyl (C=O) groups is 1. The Balaban J connectivity index is 1.72. The van der Waals surface area contributed by atoms with Crippen LogP contribution in [-0.2, 0) is 4.79 Å². The number of fused-ring (bicyclic) bond motifs is 1. The van der Waals surface area contributed by atoms with Gasteiger partial charge in [0.25, 0.3) is 0 Å². The van der Waals surface area contributed by atoms with Gasteiger partial charge in [-0.25, -0.2) is 15.4 Å². The zero-order chi connectivity index (χ0) is 19.0. The largest absolute Gasteiger partial charge is 0.378 e. The van der Waals surface area contributed by atoms with Crippen molar-refractivity contribution in [1.29, 1.82) is 0 Å². The molecular formula is C19H21N7O. The maximum atomic E-state index is 11.4. The minimum atomic E-state index is -0.392. The smallest absolute Gasteiger partial charge is 0.180 e. The zero-order valence-electron chi connectivity index (χ0n) is 15.4. The molecule has 0 amide bonds. The van der Waals surface area contributed by atoms with Crippen LogP contribution in [0.2, 0.25) is 0 Å². The minimum Gasteiger partial charge on any atom is -0.378 e. The van der Waals surface area contributed by atoms with E-state index in [0.717, 1.165) is 28.9 Å². The van der Waals surface area contributed by atoms with E-state index >= 15 is 0 Å². The number of carbonyl (C=O) groups excluding carboxylic acids is 1. The normalized spacial score (nSPS) is 16.5. The summed E-state index contributed by atoms with van der Waals surface area (Å²) in [6, 6.07) is 7.69. The number of imidazole rings is 1. The van der Waals surface area contributed by atoms with E-state index in [0.29, 0.717) is 11.5 Å². The van der Waals surface area contributed by atoms with Crippen LogP contribution in [0, 0.1) is 0 Å². The molecule has 1 unspecified atom stereocenters. The summed E-state index contributed by atoms with van der Waals surface area (Å²) in [5.74, 6) is 0.655. The van der Waals surface area contributed by atoms with Gasteiger partial charge in [-0.05, 0) is 18.2 Å². The van der Waals surface area contributed by atoms with Crippen molar-refractivity contribution in [2.45, 2.75) is 6.04 Å². The first-order chi connectivity index (χ1) is 13.1. The van der Waals surface area contributed by atoms with Gasteiger partial charge in [-0.15, -0.1) is 0 Å². The number of benzene rings is 1. The van der Waals surface area contributed by atoms with Crippen molar-refractivity contribution in [3.8, 4) is 0 Å². The highest BCUT2D eigenvalue weighted by Crippen LogP contribution is 2.27. The summed E-state index contributed by atoms with van der Waals surface area (Å²) < 4.78 is 1.94. The minimum absolute atomic E-state index is 0.392. The van der Waals surface area contributed by atoms with E-state index in [1.807, 2.05) is 61.0 Å². The first-order valence-electron chi connectivity index (χ1n) is 8.59. The van der Waals surface area contributed by atoms with Crippen molar-refractivity contribution in [2.24, 2.45) is 0 Å². The summed E-state index contributed by atoms with van der Waals surface area (Å²) >= 11 is 0. The highest BCUT2D eigenvalue weighted by Gasteiger charge is 2.25. The van der Waals surface area contributed by atoms with Crippen molar-refractivity contribution < 1.29 is 4.79 Å². The monoisotopic (exact) mass is 363 g/mol. The van der Waals surface area contributed by atoms with Gasteiger partial charge in [-0.3, -0.25) is 4.40 Å². The van der Waals surface area contributed by atoms with Crippen molar-refractivity contribution in [2.75, 3.05) is 31.4 Å². The predicted molar refractivity (Wildman–Crippen MR) is 106 cm³/mol. The molecule has 138 valence electrons. The van der Waals surface area contributed by atoms with Crippen LogP contribution in [-0.4, -0.2) is 52.8 Å². The molecule has 8 heteroatoms. The number of hydrogen-bond acceptors (Lipinski definition) is 7. The van der Waals surface area contributed by atoms with Crippen LogP contribution >= 0.6 is 0 Å². The summed E-state index contributed by atoms with van der Waals surface area (Å²) in [6.45, 7) is 0. The fourth-order valence-corrected chi connectivity index (χ4v) is 3.16. The summed E-state index contributed by atoms with van der Waals surface area (Å²) in [6.07, 6.45) is 8.12. The Morgan fingerprint density at radius 1 is 1.30 bits per heavy atom. The van der Waals surface area contributed by atoms with Gasteiger partial charge < -0.3 is 20.0 Å². The molecule has 4 rings (SSSR count). The lowest BCUT2D eigenvalue weighted by atomic mass is 10.1. The molecular weight excluding hydrogens is 342 g/mol. The average molecular weight is 363 g/mol. The Kier molecular flexibility index (Phi) is 4.25. The molecule has 0 aliphatic carbocycles. The Hall–Kier alpha value is -3.39. The number of nitrogens with one attached hydrogen (secondary N) is 2. The van der Waals surface area contributed by atoms with E-state index in [4.69, 9.17) is 0 Å². The van der Waals surface area contributed by atoms with Gasteiger partial charge in [-0.2, -0.15) is 0 Å². The number of aromatic nitrogens is 3. The second-order valence-corrected chi connectivity index (χ2v) is 6.62. The molecule has 8 nitrogen and oxygen atoms in total. The van der Waals surface area contributed by atoms with Gasteiger partial charge in [-0.1, -0.05) is 6.07 Å². The second kappa shape index (κ2) is 6.73. The van der Waals surface area contributed by atoms with E-state index in [9.17, 15) is 4.79 Å². The first kappa shape index (κ1) is 17.0. The lowest BCUT2D eigenvalue weighted by Crippen LogP contribution is -2.34. The molecule has 1 aliphatic rings. The summed E-state index contributed by atoms with van der Waals surface area (Å²) in [5.41, 5.74) is 7.51. The van der Waals surface area contributed by atoms with Gasteiger partial charge in [0.1, 0.15) is 12.3 Å². The van der Waals surface area contributed by atoms with Gasteiger partial charge in [0.05, 0.1) is 11.9 Å². The van der Waals surface area contributed by atoms with Crippen molar-refractivity contribution in [1.82, 2.24) is 24.8 Å². The number of anilines is 3. The first-order valence-corrected chi connectivity index (χ1v) is 8.59. The van der Waals surface area contributed by atoms with E-state index in [-0.39, 0.29) is 0 Å². The Labute approximate surface area is 157 Å². The third kappa shape index (κ3) is 3.11. The summed E-state index contributed by atoms with van der Waals surface area (Å²) in [5, 5.41) is 5.12. The van der Waals surface area contributed by atoms with Crippen LogP contribution < -0.4 is 15.6 Å². The topological polar surface area (TPSA) is 77.8 Å². The lowest BCUT2D eigenvalue weighted by molar-refractivity contribution is -0.108. The van der Waals surface area contributed by atoms with Crippen LogP contribution in [0.4, 0.5) is 17.2 Å². The van der Waals surface area contributed by atoms with E-state index < -0.39 is 6.04 Å². The predicted octanol–water partition coefficient (Wildman–Crippen LogP) is 1.90. The maximum absolute atomic E-state index is 11.4. The number of hydrogen-bond donors (Lipinski definition) is 2. The van der Waals surface area contributed by atoms with Gasteiger partial charge in [0.15, 0.2) is 11.5 Å². The molecule has 1 aromatic carbocycles. The van der Waals surface area contributed by atoms with E-state index in [1.54, 1.807) is 17.4 Å². The standard InChI is InChI=1S/C19H21N7O/c1-24(2)14-6-4-5-13(9-14)22-18-19-21-10-17(26(19)8-7-20-18)15-11-25(3)23-16(15)12-27/h4-12,16,23H,1-3H3,(H,20,22). The van der Waals surface area contributed by atoms with Crippen molar-refractivity contribution >= 4 is 34.7 Å². The third-order valence-electron chi connectivity index (χ3n) is 4.50. The zero-order valence-corrected chi connectivity index (χ0v) is 15.4. The fraction of sp³-hybridized carbons (Fsp3) is 0.211. The number of aldehydes is 1. The molecule has 2 aromatic heterocycles. The molecule has 0 saturated heterocycles. The van der Waals surface area contributed by atoms with Crippen LogP contribution in [0.1, 0.15) is 5.69 Å². The van der Waals surface area contributed by atoms with Gasteiger partial charge in [0, 0.05) is 56.7 Å². The van der Waals surface area contributed by atoms with Gasteiger partial charge in [0.2, 0.25) is 0 Å². The Morgan fingerprint density at radius 3 is 2.93 bits per heavy atom. The molecule has 3 aromatic rings. The molecule has 3 heterocycles. The highest BCUT2D eigenvalue weighted by molar-refractivity contribution is 5.86. The van der Waals surface area contributed by atoms with Crippen LogP contribution in [0.3, 0.4) is 0 Å². The van der Waals surface area contributed by atoms with E-state index in [2.05, 4.69) is 26.8 Å². The molecule has 27 heavy (non-hydrogen) atoms. The van der Waals surface area contributed by atoms with Gasteiger partial charge >= 0.3 is 0 Å². The lowest BCUT2D eigenvalue weighted by Gasteiger charge is -2.14.